The number of hydrogen-bond acceptors (Lipinski definition) is 4. The van der Waals surface area contributed by atoms with E-state index in [-0.39, 0.29) is 25.8 Å². The fourth-order valence-corrected chi connectivity index (χ4v) is 1.70. The Kier molecular flexibility index (Phi) is 5.36. The molecule has 0 aromatic heterocycles. The molecule has 1 rings (SSSR count). The maximum atomic E-state index is 11.8. The minimum atomic E-state index is -4.44. The molecule has 0 aliphatic carbocycles. The Morgan fingerprint density at radius 1 is 1.50 bits per heavy atom. The van der Waals surface area contributed by atoms with E-state index < -0.39 is 31.4 Å². The third kappa shape index (κ3) is 5.19. The summed E-state index contributed by atoms with van der Waals surface area (Å²) in [5, 5.41) is 8.95. The number of morpholine rings is 1. The van der Waals surface area contributed by atoms with E-state index in [9.17, 15) is 18.0 Å². The normalized spacial score (nSPS) is 25.3. The average Bonchev–Trinajstić information content (AvgIpc) is 2.26. The first-order valence-corrected chi connectivity index (χ1v) is 5.50. The summed E-state index contributed by atoms with van der Waals surface area (Å²) in [5.74, 6) is -0.534. The molecule has 2 unspecified atom stereocenters. The number of aliphatic hydroxyl groups is 1. The Morgan fingerprint density at radius 3 is 2.72 bits per heavy atom. The van der Waals surface area contributed by atoms with Crippen LogP contribution in [0.15, 0.2) is 0 Å². The largest absolute Gasteiger partial charge is 0.411 e. The van der Waals surface area contributed by atoms with Gasteiger partial charge in [0, 0.05) is 13.1 Å². The molecule has 1 amide bonds. The zero-order valence-corrected chi connectivity index (χ0v) is 9.94. The monoisotopic (exact) mass is 271 g/mol. The zero-order valence-electron chi connectivity index (χ0n) is 9.94. The highest BCUT2D eigenvalue weighted by molar-refractivity contribution is 5.77. The van der Waals surface area contributed by atoms with Crippen LogP contribution in [-0.2, 0) is 14.3 Å². The van der Waals surface area contributed by atoms with Gasteiger partial charge >= 0.3 is 6.18 Å². The van der Waals surface area contributed by atoms with E-state index in [0.29, 0.717) is 0 Å². The highest BCUT2D eigenvalue weighted by Gasteiger charge is 2.30. The Morgan fingerprint density at radius 2 is 2.17 bits per heavy atom. The molecular weight excluding hydrogens is 255 g/mol. The molecule has 0 bridgehead atoms. The van der Waals surface area contributed by atoms with Crippen LogP contribution < -0.4 is 0 Å². The van der Waals surface area contributed by atoms with Gasteiger partial charge in [0.15, 0.2) is 0 Å². The number of halogens is 3. The summed E-state index contributed by atoms with van der Waals surface area (Å²) < 4.78 is 45.1. The van der Waals surface area contributed by atoms with Crippen LogP contribution in [0, 0.1) is 0 Å². The van der Waals surface area contributed by atoms with Crippen molar-refractivity contribution in [1.82, 2.24) is 4.90 Å². The summed E-state index contributed by atoms with van der Waals surface area (Å²) in [6.45, 7) is -0.137. The van der Waals surface area contributed by atoms with Gasteiger partial charge in [0.05, 0.1) is 18.8 Å². The van der Waals surface area contributed by atoms with Gasteiger partial charge in [-0.25, -0.2) is 0 Å². The molecular formula is C10H16F3NO4. The van der Waals surface area contributed by atoms with Crippen LogP contribution in [0.3, 0.4) is 0 Å². The minimum absolute atomic E-state index is 0.162. The van der Waals surface area contributed by atoms with Gasteiger partial charge in [-0.15, -0.1) is 0 Å². The number of aliphatic hydroxyl groups excluding tert-OH is 1. The van der Waals surface area contributed by atoms with E-state index in [1.165, 1.54) is 4.90 Å². The quantitative estimate of drug-likeness (QED) is 0.792. The second-order valence-electron chi connectivity index (χ2n) is 4.16. The van der Waals surface area contributed by atoms with Gasteiger partial charge in [-0.1, -0.05) is 0 Å². The summed E-state index contributed by atoms with van der Waals surface area (Å²) in [4.78, 5) is 12.9. The highest BCUT2D eigenvalue weighted by atomic mass is 19.4. The van der Waals surface area contributed by atoms with Gasteiger partial charge in [0.25, 0.3) is 0 Å². The predicted molar refractivity (Wildman–Crippen MR) is 54.9 cm³/mol. The Hall–Kier alpha value is -0.860. The molecule has 0 aromatic carbocycles. The molecule has 1 heterocycles. The third-order valence-electron chi connectivity index (χ3n) is 2.37. The van der Waals surface area contributed by atoms with Gasteiger partial charge in [-0.3, -0.25) is 4.79 Å². The second kappa shape index (κ2) is 6.35. The van der Waals surface area contributed by atoms with Gasteiger partial charge < -0.3 is 19.5 Å². The van der Waals surface area contributed by atoms with E-state index in [2.05, 4.69) is 4.74 Å². The summed E-state index contributed by atoms with van der Waals surface area (Å²) in [7, 11) is 0. The number of ether oxygens (including phenoxy) is 2. The Bertz CT molecular complexity index is 285. The first-order chi connectivity index (χ1) is 8.31. The average molecular weight is 271 g/mol. The van der Waals surface area contributed by atoms with Crippen molar-refractivity contribution in [2.75, 3.05) is 32.9 Å². The van der Waals surface area contributed by atoms with Crippen LogP contribution in [0.1, 0.15) is 6.92 Å². The fraction of sp³-hybridized carbons (Fsp3) is 0.900. The maximum absolute atomic E-state index is 11.8. The van der Waals surface area contributed by atoms with Crippen molar-refractivity contribution in [3.05, 3.63) is 0 Å². The molecule has 1 saturated heterocycles. The summed E-state index contributed by atoms with van der Waals surface area (Å²) in [6.07, 6.45) is -5.20. The Balaban J connectivity index is 2.36. The SMILES string of the molecule is CC1CN(C(=O)COCC(F)(F)F)CC(CO)O1. The van der Waals surface area contributed by atoms with Crippen LogP contribution in [0.2, 0.25) is 0 Å². The molecule has 0 radical (unpaired) electrons. The maximum Gasteiger partial charge on any atom is 0.411 e. The van der Waals surface area contributed by atoms with Crippen LogP contribution >= 0.6 is 0 Å². The van der Waals surface area contributed by atoms with Crippen molar-refractivity contribution in [3.63, 3.8) is 0 Å². The van der Waals surface area contributed by atoms with Gasteiger partial charge in [-0.2, -0.15) is 13.2 Å². The lowest BCUT2D eigenvalue weighted by atomic mass is 10.2. The summed E-state index contributed by atoms with van der Waals surface area (Å²) in [5.41, 5.74) is 0. The van der Waals surface area contributed by atoms with Crippen molar-refractivity contribution in [2.24, 2.45) is 0 Å². The van der Waals surface area contributed by atoms with Crippen LogP contribution in [-0.4, -0.2) is 67.2 Å². The summed E-state index contributed by atoms with van der Waals surface area (Å²) >= 11 is 0. The number of carbonyl (C=O) groups is 1. The van der Waals surface area contributed by atoms with Crippen molar-refractivity contribution in [3.8, 4) is 0 Å². The third-order valence-corrected chi connectivity index (χ3v) is 2.37. The standard InChI is InChI=1S/C10H16F3NO4/c1-7-2-14(3-8(4-15)18-7)9(16)5-17-6-10(11,12)13/h7-8,15H,2-6H2,1H3. The van der Waals surface area contributed by atoms with Gasteiger partial charge in [-0.05, 0) is 6.92 Å². The highest BCUT2D eigenvalue weighted by Crippen LogP contribution is 2.15. The second-order valence-corrected chi connectivity index (χ2v) is 4.16. The molecule has 1 aliphatic rings. The van der Waals surface area contributed by atoms with E-state index in [4.69, 9.17) is 9.84 Å². The van der Waals surface area contributed by atoms with E-state index in [1.807, 2.05) is 0 Å². The molecule has 2 atom stereocenters. The lowest BCUT2D eigenvalue weighted by Crippen LogP contribution is -2.51. The van der Waals surface area contributed by atoms with Crippen molar-refractivity contribution >= 4 is 5.91 Å². The van der Waals surface area contributed by atoms with Crippen LogP contribution in [0.5, 0.6) is 0 Å². The van der Waals surface area contributed by atoms with Crippen molar-refractivity contribution in [1.29, 1.82) is 0 Å². The number of alkyl halides is 3. The first kappa shape index (κ1) is 15.2. The molecule has 106 valence electrons. The number of amides is 1. The molecule has 0 saturated carbocycles. The molecule has 5 nitrogen and oxygen atoms in total. The molecule has 1 aliphatic heterocycles. The van der Waals surface area contributed by atoms with Crippen molar-refractivity contribution < 1.29 is 32.5 Å². The molecule has 1 N–H and O–H groups in total. The molecule has 1 fully saturated rings. The lowest BCUT2D eigenvalue weighted by Gasteiger charge is -2.36. The topological polar surface area (TPSA) is 59.0 Å². The Labute approximate surface area is 102 Å². The van der Waals surface area contributed by atoms with Crippen LogP contribution in [0.4, 0.5) is 13.2 Å². The van der Waals surface area contributed by atoms with Crippen LogP contribution in [0.25, 0.3) is 0 Å². The minimum Gasteiger partial charge on any atom is -0.394 e. The number of carbonyl (C=O) groups excluding carboxylic acids is 1. The lowest BCUT2D eigenvalue weighted by molar-refractivity contribution is -0.180. The zero-order chi connectivity index (χ0) is 13.8. The van der Waals surface area contributed by atoms with E-state index in [0.717, 1.165) is 0 Å². The summed E-state index contributed by atoms with van der Waals surface area (Å²) in [6, 6.07) is 0. The predicted octanol–water partition coefficient (Wildman–Crippen LogP) is 0.174. The van der Waals surface area contributed by atoms with Gasteiger partial charge in [0.1, 0.15) is 13.2 Å². The molecule has 8 heteroatoms. The van der Waals surface area contributed by atoms with E-state index in [1.54, 1.807) is 6.92 Å². The number of rotatable bonds is 4. The van der Waals surface area contributed by atoms with E-state index >= 15 is 0 Å². The number of hydrogen-bond donors (Lipinski definition) is 1. The number of nitrogens with zero attached hydrogens (tertiary/aromatic N) is 1. The van der Waals surface area contributed by atoms with Gasteiger partial charge in [0.2, 0.25) is 5.91 Å². The molecule has 0 aromatic rings. The van der Waals surface area contributed by atoms with Crippen molar-refractivity contribution in [2.45, 2.75) is 25.3 Å². The smallest absolute Gasteiger partial charge is 0.394 e. The fourth-order valence-electron chi connectivity index (χ4n) is 1.70. The molecule has 0 spiro atoms. The first-order valence-electron chi connectivity index (χ1n) is 5.50. The molecule has 18 heavy (non-hydrogen) atoms.